The topological polar surface area (TPSA) is 42.2 Å². The summed E-state index contributed by atoms with van der Waals surface area (Å²) in [5, 5.41) is 8.24. The number of carboxylic acid groups (broad SMARTS) is 1. The molecule has 0 aliphatic rings. The molecule has 0 bridgehead atoms. The molecule has 0 aliphatic heterocycles. The monoisotopic (exact) mass is 150 g/mol. The van der Waals surface area contributed by atoms with Crippen molar-refractivity contribution in [3.63, 3.8) is 0 Å². The average Bonchev–Trinajstić information content (AvgIpc) is 2.12. The van der Waals surface area contributed by atoms with Crippen molar-refractivity contribution < 1.29 is 9.90 Å². The van der Waals surface area contributed by atoms with E-state index in [0.717, 1.165) is 4.57 Å². The first kappa shape index (κ1) is 9.39. The molecule has 0 spiro atoms. The Bertz CT molecular complexity index is 183. The third-order valence-electron chi connectivity index (χ3n) is 0.825. The molecule has 3 nitrogen and oxygen atoms in total. The number of rotatable bonds is 0. The maximum Gasteiger partial charge on any atom is 0.415 e. The third kappa shape index (κ3) is 2.64. The predicted octanol–water partition coefficient (Wildman–Crippen LogP) is 0.633. The zero-order valence-electron chi connectivity index (χ0n) is 5.11. The Morgan fingerprint density at radius 3 is 2.00 bits per heavy atom. The molecule has 1 aromatic heterocycles. The average molecular weight is 150 g/mol. The molecule has 0 atom stereocenters. The van der Waals surface area contributed by atoms with Gasteiger partial charge in [-0.3, -0.25) is 4.57 Å². The van der Waals surface area contributed by atoms with Gasteiger partial charge in [-0.1, -0.05) is 0 Å². The van der Waals surface area contributed by atoms with E-state index >= 15 is 0 Å². The van der Waals surface area contributed by atoms with Crippen LogP contribution in [0.25, 0.3) is 0 Å². The van der Waals surface area contributed by atoms with Crippen molar-refractivity contribution in [3.8, 4) is 0 Å². The largest absolute Gasteiger partial charge is 0.464 e. The number of carbonyl (C=O) groups is 1. The molecule has 9 heavy (non-hydrogen) atoms. The van der Waals surface area contributed by atoms with Gasteiger partial charge in [0.25, 0.3) is 0 Å². The van der Waals surface area contributed by atoms with Crippen LogP contribution in [0, 0.1) is 0 Å². The van der Waals surface area contributed by atoms with Gasteiger partial charge in [0.2, 0.25) is 0 Å². The number of hydrogen-bond donors (Lipinski definition) is 1. The molecule has 1 N–H and O–H groups in total. The van der Waals surface area contributed by atoms with E-state index in [1.165, 1.54) is 12.4 Å². The van der Waals surface area contributed by atoms with E-state index in [1.54, 1.807) is 12.1 Å². The summed E-state index contributed by atoms with van der Waals surface area (Å²) in [5.74, 6) is 0. The Morgan fingerprint density at radius 1 is 1.33 bits per heavy atom. The molecule has 43 valence electrons. The summed E-state index contributed by atoms with van der Waals surface area (Å²) in [5.41, 5.74) is 0. The van der Waals surface area contributed by atoms with E-state index < -0.39 is 6.09 Å². The first-order valence-corrected chi connectivity index (χ1v) is 2.17. The maximum atomic E-state index is 10.0. The summed E-state index contributed by atoms with van der Waals surface area (Å²) >= 11 is 0. The fourth-order valence-electron chi connectivity index (χ4n) is 0.462. The zero-order valence-corrected chi connectivity index (χ0v) is 8.24. The normalized spacial score (nSPS) is 8.00. The Hall–Kier alpha value is 0.386. The van der Waals surface area contributed by atoms with Crippen LogP contribution in [0.15, 0.2) is 24.5 Å². The number of aromatic nitrogens is 1. The van der Waals surface area contributed by atoms with Gasteiger partial charge in [-0.25, -0.2) is 4.79 Å². The summed E-state index contributed by atoms with van der Waals surface area (Å²) in [6.45, 7) is 0. The number of hydrogen-bond acceptors (Lipinski definition) is 1. The van der Waals surface area contributed by atoms with Crippen molar-refractivity contribution >= 4 is 57.5 Å². The molecular formula is C5H5KNO2. The van der Waals surface area contributed by atoms with Crippen LogP contribution in [0.1, 0.15) is 0 Å². The minimum atomic E-state index is -0.949. The van der Waals surface area contributed by atoms with Crippen molar-refractivity contribution in [2.24, 2.45) is 0 Å². The second-order valence-corrected chi connectivity index (χ2v) is 1.37. The van der Waals surface area contributed by atoms with Gasteiger partial charge < -0.3 is 5.11 Å². The van der Waals surface area contributed by atoms with Crippen molar-refractivity contribution in [1.29, 1.82) is 0 Å². The third-order valence-corrected chi connectivity index (χ3v) is 0.825. The summed E-state index contributed by atoms with van der Waals surface area (Å²) in [6.07, 6.45) is 2.00. The van der Waals surface area contributed by atoms with Gasteiger partial charge in [0.1, 0.15) is 0 Å². The molecular weight excluding hydrogens is 145 g/mol. The fraction of sp³-hybridized carbons (Fsp3) is 0. The standard InChI is InChI=1S/C5H5NO2.K/c7-5(8)6-3-1-2-4-6;/h1-4H,(H,7,8);. The van der Waals surface area contributed by atoms with Crippen LogP contribution in [0.3, 0.4) is 0 Å². The number of nitrogens with zero attached hydrogens (tertiary/aromatic N) is 1. The van der Waals surface area contributed by atoms with Crippen LogP contribution in [0.2, 0.25) is 0 Å². The molecule has 0 aromatic carbocycles. The van der Waals surface area contributed by atoms with E-state index in [0.29, 0.717) is 0 Å². The van der Waals surface area contributed by atoms with Crippen molar-refractivity contribution in [3.05, 3.63) is 24.5 Å². The predicted molar refractivity (Wildman–Crippen MR) is 33.6 cm³/mol. The van der Waals surface area contributed by atoms with E-state index in [4.69, 9.17) is 5.11 Å². The van der Waals surface area contributed by atoms with Gasteiger partial charge in [-0.2, -0.15) is 0 Å². The first-order valence-electron chi connectivity index (χ1n) is 2.17. The molecule has 0 aliphatic carbocycles. The summed E-state index contributed by atoms with van der Waals surface area (Å²) < 4.78 is 1.08. The molecule has 1 heterocycles. The minimum Gasteiger partial charge on any atom is -0.464 e. The SMILES string of the molecule is O=C(O)n1cccc1.[K]. The van der Waals surface area contributed by atoms with E-state index in [9.17, 15) is 4.79 Å². The van der Waals surface area contributed by atoms with E-state index in [-0.39, 0.29) is 51.4 Å². The van der Waals surface area contributed by atoms with Gasteiger partial charge in [-0.15, -0.1) is 0 Å². The summed E-state index contributed by atoms with van der Waals surface area (Å²) in [6, 6.07) is 3.32. The Morgan fingerprint density at radius 2 is 1.78 bits per heavy atom. The second-order valence-electron chi connectivity index (χ2n) is 1.37. The van der Waals surface area contributed by atoms with Crippen LogP contribution in [0.4, 0.5) is 4.79 Å². The Balaban J connectivity index is 0.000000640. The van der Waals surface area contributed by atoms with E-state index in [1.807, 2.05) is 0 Å². The molecule has 0 saturated heterocycles. The summed E-state index contributed by atoms with van der Waals surface area (Å²) in [4.78, 5) is 10.0. The van der Waals surface area contributed by atoms with Crippen LogP contribution < -0.4 is 0 Å². The molecule has 1 radical (unpaired) electrons. The minimum absolute atomic E-state index is 0. The van der Waals surface area contributed by atoms with Gasteiger partial charge in [0.05, 0.1) is 0 Å². The molecule has 1 aromatic rings. The quantitative estimate of drug-likeness (QED) is 0.551. The Labute approximate surface area is 95.1 Å². The molecule has 0 unspecified atom stereocenters. The smallest absolute Gasteiger partial charge is 0.415 e. The molecule has 0 saturated carbocycles. The maximum absolute atomic E-state index is 10.0. The van der Waals surface area contributed by atoms with Crippen LogP contribution in [-0.2, 0) is 0 Å². The van der Waals surface area contributed by atoms with Crippen molar-refractivity contribution in [2.75, 3.05) is 0 Å². The van der Waals surface area contributed by atoms with Crippen LogP contribution in [0.5, 0.6) is 0 Å². The zero-order chi connectivity index (χ0) is 5.98. The van der Waals surface area contributed by atoms with Crippen molar-refractivity contribution in [1.82, 2.24) is 4.57 Å². The molecule has 0 amide bonds. The molecule has 4 heteroatoms. The van der Waals surface area contributed by atoms with Crippen molar-refractivity contribution in [2.45, 2.75) is 0 Å². The van der Waals surface area contributed by atoms with Gasteiger partial charge >= 0.3 is 6.09 Å². The van der Waals surface area contributed by atoms with Gasteiger partial charge in [0.15, 0.2) is 0 Å². The molecule has 1 rings (SSSR count). The first-order chi connectivity index (χ1) is 3.80. The van der Waals surface area contributed by atoms with Crippen LogP contribution in [-0.4, -0.2) is 67.2 Å². The van der Waals surface area contributed by atoms with Crippen LogP contribution >= 0.6 is 0 Å². The van der Waals surface area contributed by atoms with E-state index in [2.05, 4.69) is 0 Å². The van der Waals surface area contributed by atoms with Gasteiger partial charge in [0, 0.05) is 63.8 Å². The Kier molecular flexibility index (Phi) is 4.42. The fourth-order valence-corrected chi connectivity index (χ4v) is 0.462. The molecule has 0 fully saturated rings. The van der Waals surface area contributed by atoms with Gasteiger partial charge in [-0.05, 0) is 12.1 Å². The second kappa shape index (κ2) is 4.24. The summed E-state index contributed by atoms with van der Waals surface area (Å²) in [7, 11) is 0.